The zero-order valence-corrected chi connectivity index (χ0v) is 28.7. The molecule has 0 spiro atoms. The first-order valence-corrected chi connectivity index (χ1v) is 18.1. The van der Waals surface area contributed by atoms with Crippen LogP contribution in [0.2, 0.25) is 0 Å². The number of carbonyl (C=O) groups excluding carboxylic acids is 1. The Morgan fingerprint density at radius 1 is 0.980 bits per heavy atom. The number of anilines is 1. The van der Waals surface area contributed by atoms with Gasteiger partial charge in [-0.3, -0.25) is 4.79 Å². The molecule has 3 aliphatic heterocycles. The van der Waals surface area contributed by atoms with Crippen molar-refractivity contribution < 1.29 is 62.5 Å². The van der Waals surface area contributed by atoms with Gasteiger partial charge in [-0.15, -0.1) is 0 Å². The molecule has 50 heavy (non-hydrogen) atoms. The van der Waals surface area contributed by atoms with E-state index in [9.17, 15) is 43.5 Å². The Morgan fingerprint density at radius 3 is 2.34 bits per heavy atom. The number of hydrogen-bond donors (Lipinski definition) is 6. The quantitative estimate of drug-likeness (QED) is 0.138. The number of aliphatic carboxylic acids is 1. The van der Waals surface area contributed by atoms with Crippen molar-refractivity contribution in [2.24, 2.45) is 17.8 Å². The van der Waals surface area contributed by atoms with E-state index in [-0.39, 0.29) is 48.5 Å². The lowest BCUT2D eigenvalue weighted by molar-refractivity contribution is -0.221. The first kappa shape index (κ1) is 38.1. The van der Waals surface area contributed by atoms with Crippen LogP contribution in [0.1, 0.15) is 32.3 Å². The summed E-state index contributed by atoms with van der Waals surface area (Å²) in [5.41, 5.74) is 1.10. The fourth-order valence-electron chi connectivity index (χ4n) is 6.51. The second-order valence-corrected chi connectivity index (χ2v) is 15.4. The molecule has 0 bridgehead atoms. The molecule has 276 valence electrons. The monoisotopic (exact) mass is 722 g/mol. The van der Waals surface area contributed by atoms with Gasteiger partial charge in [-0.2, -0.15) is 4.31 Å². The third-order valence-corrected chi connectivity index (χ3v) is 11.0. The molecule has 0 aromatic heterocycles. The van der Waals surface area contributed by atoms with E-state index in [4.69, 9.17) is 18.9 Å². The van der Waals surface area contributed by atoms with Gasteiger partial charge >= 0.3 is 11.9 Å². The molecule has 3 fully saturated rings. The maximum atomic E-state index is 14.0. The van der Waals surface area contributed by atoms with Crippen LogP contribution >= 0.6 is 0 Å². The van der Waals surface area contributed by atoms with Gasteiger partial charge in [0.05, 0.1) is 36.6 Å². The number of ether oxygens (including phenoxy) is 4. The summed E-state index contributed by atoms with van der Waals surface area (Å²) < 4.78 is 51.3. The topological polar surface area (TPSA) is 222 Å². The maximum Gasteiger partial charge on any atom is 0.335 e. The van der Waals surface area contributed by atoms with Gasteiger partial charge in [0.15, 0.2) is 18.6 Å². The van der Waals surface area contributed by atoms with Crippen LogP contribution in [-0.4, -0.2) is 126 Å². The highest BCUT2D eigenvalue weighted by Crippen LogP contribution is 2.34. The number of benzene rings is 2. The lowest BCUT2D eigenvalue weighted by Crippen LogP contribution is -2.61. The number of esters is 1. The summed E-state index contributed by atoms with van der Waals surface area (Å²) in [5.74, 6) is -2.90. The van der Waals surface area contributed by atoms with Crippen LogP contribution in [0, 0.1) is 17.8 Å². The highest BCUT2D eigenvalue weighted by molar-refractivity contribution is 7.89. The molecule has 3 saturated heterocycles. The van der Waals surface area contributed by atoms with E-state index in [0.29, 0.717) is 19.4 Å². The third kappa shape index (κ3) is 8.99. The number of nitrogens with one attached hydrogen (secondary N) is 1. The van der Waals surface area contributed by atoms with Crippen LogP contribution in [0.25, 0.3) is 0 Å². The molecule has 0 saturated carbocycles. The van der Waals surface area contributed by atoms with E-state index < -0.39 is 77.0 Å². The smallest absolute Gasteiger partial charge is 0.335 e. The SMILES string of the molecule is CC(C)CN(CC(O)C(CC(=O)OC1COC2OCCC12)Cc1ccccc1)S(=O)(=O)c1ccc(NC2OC(C(=O)O)C(O)C(O)C2O)cc1. The molecule has 0 amide bonds. The lowest BCUT2D eigenvalue weighted by atomic mass is 9.90. The van der Waals surface area contributed by atoms with Crippen molar-refractivity contribution in [1.29, 1.82) is 0 Å². The Labute approximate surface area is 290 Å². The first-order valence-electron chi connectivity index (χ1n) is 16.7. The largest absolute Gasteiger partial charge is 0.479 e. The molecule has 10 unspecified atom stereocenters. The maximum absolute atomic E-state index is 14.0. The molecule has 5 rings (SSSR count). The van der Waals surface area contributed by atoms with Crippen LogP contribution in [0.15, 0.2) is 59.5 Å². The Hall–Kier alpha value is -3.19. The summed E-state index contributed by atoms with van der Waals surface area (Å²) in [6, 6.07) is 14.6. The van der Waals surface area contributed by atoms with Gasteiger partial charge in [0.25, 0.3) is 0 Å². The number of carboxylic acid groups (broad SMARTS) is 1. The summed E-state index contributed by atoms with van der Waals surface area (Å²) in [7, 11) is -4.18. The highest BCUT2D eigenvalue weighted by atomic mass is 32.2. The predicted octanol–water partition coefficient (Wildman–Crippen LogP) is 0.552. The molecule has 6 N–H and O–H groups in total. The van der Waals surface area contributed by atoms with Gasteiger partial charge in [-0.05, 0) is 48.6 Å². The molecule has 3 aliphatic rings. The van der Waals surface area contributed by atoms with Crippen molar-refractivity contribution >= 4 is 27.6 Å². The molecule has 10 atom stereocenters. The van der Waals surface area contributed by atoms with Crippen LogP contribution < -0.4 is 5.32 Å². The van der Waals surface area contributed by atoms with Crippen LogP contribution in [0.4, 0.5) is 5.69 Å². The van der Waals surface area contributed by atoms with Gasteiger partial charge in [0.1, 0.15) is 24.4 Å². The minimum atomic E-state index is -4.18. The fourth-order valence-corrected chi connectivity index (χ4v) is 8.14. The average molecular weight is 723 g/mol. The average Bonchev–Trinajstić information content (AvgIpc) is 3.70. The molecule has 2 aromatic carbocycles. The standard InChI is InChI=1S/C34H46N2O13S/c1-19(2)16-36(50(44,45)23-10-8-22(9-11-23)35-32-30(41)28(39)29(40)31(49-32)33(42)43)17-25(37)21(14-20-6-4-3-5-7-20)15-27(38)48-26-18-47-34-24(26)12-13-46-34/h3-11,19,21,24-26,28-32,34-35,37,39-41H,12-18H2,1-2H3,(H,42,43). The molecule has 0 radical (unpaired) electrons. The number of fused-ring (bicyclic) bond motifs is 1. The number of rotatable bonds is 15. The second-order valence-electron chi connectivity index (χ2n) is 13.4. The van der Waals surface area contributed by atoms with E-state index in [1.54, 1.807) is 0 Å². The van der Waals surface area contributed by atoms with Crippen molar-refractivity contribution in [3.63, 3.8) is 0 Å². The summed E-state index contributed by atoms with van der Waals surface area (Å²) in [4.78, 5) is 24.6. The van der Waals surface area contributed by atoms with E-state index in [1.165, 1.54) is 28.6 Å². The number of aliphatic hydroxyl groups is 4. The number of hydrogen-bond acceptors (Lipinski definition) is 13. The Bertz CT molecular complexity index is 1540. The summed E-state index contributed by atoms with van der Waals surface area (Å²) in [5, 5.41) is 54.0. The van der Waals surface area contributed by atoms with Gasteiger partial charge in [0, 0.05) is 24.7 Å². The summed E-state index contributed by atoms with van der Waals surface area (Å²) in [6.45, 7) is 4.21. The predicted molar refractivity (Wildman–Crippen MR) is 176 cm³/mol. The van der Waals surface area contributed by atoms with Crippen molar-refractivity contribution in [1.82, 2.24) is 4.31 Å². The fraction of sp³-hybridized carbons (Fsp3) is 0.588. The van der Waals surface area contributed by atoms with Crippen molar-refractivity contribution in [2.75, 3.05) is 31.6 Å². The van der Waals surface area contributed by atoms with Gasteiger partial charge in [-0.1, -0.05) is 44.2 Å². The molecule has 0 aliphatic carbocycles. The number of carbonyl (C=O) groups is 2. The molecule has 2 aromatic rings. The minimum absolute atomic E-state index is 0.0499. The normalized spacial score (nSPS) is 29.4. The molecule has 16 heteroatoms. The van der Waals surface area contributed by atoms with E-state index >= 15 is 0 Å². The van der Waals surface area contributed by atoms with E-state index in [1.807, 2.05) is 44.2 Å². The van der Waals surface area contributed by atoms with Crippen LogP contribution in [0.3, 0.4) is 0 Å². The number of sulfonamides is 1. The van der Waals surface area contributed by atoms with Crippen molar-refractivity contribution in [3.8, 4) is 0 Å². The first-order chi connectivity index (χ1) is 23.7. The second kappa shape index (κ2) is 16.4. The number of carboxylic acids is 1. The van der Waals surface area contributed by atoms with E-state index in [2.05, 4.69) is 5.32 Å². The summed E-state index contributed by atoms with van der Waals surface area (Å²) in [6.07, 6.45) is -9.81. The van der Waals surface area contributed by atoms with Gasteiger partial charge < -0.3 is 49.8 Å². The van der Waals surface area contributed by atoms with Crippen LogP contribution in [0.5, 0.6) is 0 Å². The van der Waals surface area contributed by atoms with Gasteiger partial charge in [0.2, 0.25) is 10.0 Å². The molecule has 3 heterocycles. The van der Waals surface area contributed by atoms with Crippen LogP contribution in [-0.2, 0) is 45.0 Å². The summed E-state index contributed by atoms with van der Waals surface area (Å²) >= 11 is 0. The number of nitrogens with zero attached hydrogens (tertiary/aromatic N) is 1. The molecule has 15 nitrogen and oxygen atoms in total. The third-order valence-electron chi connectivity index (χ3n) is 9.20. The lowest BCUT2D eigenvalue weighted by Gasteiger charge is -2.39. The molecular formula is C34H46N2O13S. The zero-order chi connectivity index (χ0) is 36.2. The Kier molecular flexibility index (Phi) is 12.5. The number of aliphatic hydroxyl groups excluding tert-OH is 4. The van der Waals surface area contributed by atoms with E-state index in [0.717, 1.165) is 5.56 Å². The Balaban J connectivity index is 1.29. The minimum Gasteiger partial charge on any atom is -0.479 e. The van der Waals surface area contributed by atoms with Crippen molar-refractivity contribution in [3.05, 3.63) is 60.2 Å². The molecular weight excluding hydrogens is 676 g/mol. The Morgan fingerprint density at radius 2 is 1.68 bits per heavy atom. The zero-order valence-electron chi connectivity index (χ0n) is 27.9. The highest BCUT2D eigenvalue weighted by Gasteiger charge is 2.47. The van der Waals surface area contributed by atoms with Crippen molar-refractivity contribution in [2.45, 2.75) is 87.1 Å². The van der Waals surface area contributed by atoms with Gasteiger partial charge in [-0.25, -0.2) is 13.2 Å².